The van der Waals surface area contributed by atoms with Crippen LogP contribution in [0.4, 0.5) is 4.79 Å². The molecule has 27 heavy (non-hydrogen) atoms. The van der Waals surface area contributed by atoms with Gasteiger partial charge in [0.2, 0.25) is 0 Å². The molecule has 0 saturated carbocycles. The lowest BCUT2D eigenvalue weighted by Gasteiger charge is -2.46. The van der Waals surface area contributed by atoms with Crippen LogP contribution in [0.25, 0.3) is 0 Å². The Labute approximate surface area is 157 Å². The number of hydroxylamine groups is 2. The second-order valence-electron chi connectivity index (χ2n) is 7.95. The lowest BCUT2D eigenvalue weighted by atomic mass is 9.89. The van der Waals surface area contributed by atoms with E-state index in [1.54, 1.807) is 45.0 Å². The van der Waals surface area contributed by atoms with Crippen LogP contribution < -0.4 is 0 Å². The van der Waals surface area contributed by atoms with Crippen LogP contribution >= 0.6 is 0 Å². The molecule has 2 aliphatic heterocycles. The summed E-state index contributed by atoms with van der Waals surface area (Å²) >= 11 is 0. The van der Waals surface area contributed by atoms with Gasteiger partial charge in [0.05, 0.1) is 30.8 Å². The quantitative estimate of drug-likeness (QED) is 0.623. The molecular formula is C19H24N2O6. The van der Waals surface area contributed by atoms with E-state index < -0.39 is 29.1 Å². The van der Waals surface area contributed by atoms with E-state index in [-0.39, 0.29) is 19.7 Å². The molecule has 8 heteroatoms. The summed E-state index contributed by atoms with van der Waals surface area (Å²) < 4.78 is 5.25. The molecule has 0 aliphatic carbocycles. The Bertz CT molecular complexity index is 729. The molecule has 3 rings (SSSR count). The first-order valence-corrected chi connectivity index (χ1v) is 8.91. The Balaban J connectivity index is 1.41. The summed E-state index contributed by atoms with van der Waals surface area (Å²) in [5.41, 5.74) is -0.922. The normalized spacial score (nSPS) is 18.4. The zero-order chi connectivity index (χ0) is 19.8. The Kier molecular flexibility index (Phi) is 4.96. The largest absolute Gasteiger partial charge is 0.444 e. The zero-order valence-electron chi connectivity index (χ0n) is 15.7. The van der Waals surface area contributed by atoms with Crippen LogP contribution in [-0.4, -0.2) is 63.9 Å². The zero-order valence-corrected chi connectivity index (χ0v) is 15.7. The summed E-state index contributed by atoms with van der Waals surface area (Å²) in [7, 11) is 0. The second-order valence-corrected chi connectivity index (χ2v) is 7.95. The van der Waals surface area contributed by atoms with Crippen LogP contribution in [0.1, 0.15) is 54.3 Å². The van der Waals surface area contributed by atoms with Crippen LogP contribution in [0.15, 0.2) is 24.3 Å². The SMILES string of the molecule is CC(C)(C)OC(=O)N1CC(O)(CCCON2C(=O)c3ccccc3C2=O)C1. The minimum Gasteiger partial charge on any atom is -0.444 e. The molecule has 2 aliphatic rings. The van der Waals surface area contributed by atoms with E-state index in [1.165, 1.54) is 4.90 Å². The van der Waals surface area contributed by atoms with Crippen molar-refractivity contribution in [2.75, 3.05) is 19.7 Å². The fraction of sp³-hybridized carbons (Fsp3) is 0.526. The van der Waals surface area contributed by atoms with E-state index >= 15 is 0 Å². The number of hydrogen-bond donors (Lipinski definition) is 1. The summed E-state index contributed by atoms with van der Waals surface area (Å²) in [6.07, 6.45) is 0.371. The smallest absolute Gasteiger partial charge is 0.410 e. The van der Waals surface area contributed by atoms with Crippen molar-refractivity contribution in [3.63, 3.8) is 0 Å². The fourth-order valence-electron chi connectivity index (χ4n) is 3.12. The average molecular weight is 376 g/mol. The van der Waals surface area contributed by atoms with Crippen LogP contribution in [0.2, 0.25) is 0 Å². The molecule has 8 nitrogen and oxygen atoms in total. The number of carbonyl (C=O) groups is 3. The van der Waals surface area contributed by atoms with Gasteiger partial charge in [-0.3, -0.25) is 14.4 Å². The molecule has 2 heterocycles. The molecular weight excluding hydrogens is 352 g/mol. The van der Waals surface area contributed by atoms with Gasteiger partial charge in [-0.25, -0.2) is 4.79 Å². The summed E-state index contributed by atoms with van der Waals surface area (Å²) in [4.78, 5) is 43.0. The third-order valence-electron chi connectivity index (χ3n) is 4.39. The predicted octanol–water partition coefficient (Wildman–Crippen LogP) is 1.98. The number of rotatable bonds is 5. The van der Waals surface area contributed by atoms with Gasteiger partial charge in [0.1, 0.15) is 11.2 Å². The highest BCUT2D eigenvalue weighted by Gasteiger charge is 2.44. The van der Waals surface area contributed by atoms with Gasteiger partial charge >= 0.3 is 6.09 Å². The Morgan fingerprint density at radius 1 is 1.15 bits per heavy atom. The minimum atomic E-state index is -0.998. The van der Waals surface area contributed by atoms with Crippen LogP contribution in [0.3, 0.4) is 0 Å². The van der Waals surface area contributed by atoms with E-state index in [0.29, 0.717) is 24.0 Å². The van der Waals surface area contributed by atoms with E-state index in [2.05, 4.69) is 0 Å². The summed E-state index contributed by atoms with van der Waals surface area (Å²) in [6.45, 7) is 5.85. The van der Waals surface area contributed by atoms with Crippen molar-refractivity contribution in [1.82, 2.24) is 9.96 Å². The number of nitrogens with zero attached hydrogens (tertiary/aromatic N) is 2. The highest BCUT2D eigenvalue weighted by Crippen LogP contribution is 2.28. The van der Waals surface area contributed by atoms with E-state index in [0.717, 1.165) is 5.06 Å². The maximum Gasteiger partial charge on any atom is 0.410 e. The summed E-state index contributed by atoms with van der Waals surface area (Å²) in [6, 6.07) is 6.55. The Hall–Kier alpha value is -2.45. The standard InChI is InChI=1S/C19H24N2O6/c1-18(2,3)27-17(24)20-11-19(25,12-20)9-6-10-26-21-15(22)13-7-4-5-8-14(13)16(21)23/h4-5,7-8,25H,6,9-12H2,1-3H3. The second kappa shape index (κ2) is 6.94. The number of benzene rings is 1. The Morgan fingerprint density at radius 3 is 2.22 bits per heavy atom. The number of β-amino-alcohol motifs (C(OH)–C–C–N with tert-alkyl or cyclic N) is 1. The van der Waals surface area contributed by atoms with Crippen molar-refractivity contribution in [3.05, 3.63) is 35.4 Å². The van der Waals surface area contributed by atoms with Gasteiger partial charge in [0.25, 0.3) is 11.8 Å². The molecule has 0 bridgehead atoms. The number of hydrogen-bond acceptors (Lipinski definition) is 6. The first kappa shape index (κ1) is 19.3. The topological polar surface area (TPSA) is 96.4 Å². The lowest BCUT2D eigenvalue weighted by molar-refractivity contribution is -0.118. The van der Waals surface area contributed by atoms with Crippen molar-refractivity contribution in [2.24, 2.45) is 0 Å². The number of carbonyl (C=O) groups excluding carboxylic acids is 3. The van der Waals surface area contributed by atoms with Gasteiger partial charge in [0.15, 0.2) is 0 Å². The number of aliphatic hydroxyl groups is 1. The van der Waals surface area contributed by atoms with Gasteiger partial charge in [-0.2, -0.15) is 0 Å². The first-order valence-electron chi connectivity index (χ1n) is 8.91. The highest BCUT2D eigenvalue weighted by atomic mass is 16.7. The number of amides is 3. The van der Waals surface area contributed by atoms with E-state index in [1.807, 2.05) is 0 Å². The molecule has 0 unspecified atom stereocenters. The fourth-order valence-corrected chi connectivity index (χ4v) is 3.12. The molecule has 3 amide bonds. The monoisotopic (exact) mass is 376 g/mol. The average Bonchev–Trinajstić information content (AvgIpc) is 2.79. The minimum absolute atomic E-state index is 0.111. The van der Waals surface area contributed by atoms with Crippen LogP contribution in [0.5, 0.6) is 0 Å². The summed E-state index contributed by atoms with van der Waals surface area (Å²) in [5, 5.41) is 11.2. The summed E-state index contributed by atoms with van der Waals surface area (Å²) in [5.74, 6) is -0.955. The lowest BCUT2D eigenvalue weighted by Crippen LogP contribution is -2.64. The maximum absolute atomic E-state index is 12.2. The number of likely N-dealkylation sites (tertiary alicyclic amines) is 1. The van der Waals surface area contributed by atoms with Crippen molar-refractivity contribution in [3.8, 4) is 0 Å². The molecule has 1 N–H and O–H groups in total. The third-order valence-corrected chi connectivity index (χ3v) is 4.39. The number of imide groups is 1. The van der Waals surface area contributed by atoms with Crippen molar-refractivity contribution in [1.29, 1.82) is 0 Å². The van der Waals surface area contributed by atoms with Crippen molar-refractivity contribution in [2.45, 2.75) is 44.8 Å². The van der Waals surface area contributed by atoms with Crippen LogP contribution in [0, 0.1) is 0 Å². The maximum atomic E-state index is 12.2. The molecule has 1 saturated heterocycles. The number of ether oxygens (including phenoxy) is 1. The molecule has 146 valence electrons. The van der Waals surface area contributed by atoms with Gasteiger partial charge in [0, 0.05) is 0 Å². The molecule has 1 aromatic rings. The van der Waals surface area contributed by atoms with Gasteiger partial charge in [-0.05, 0) is 45.7 Å². The Morgan fingerprint density at radius 2 is 1.70 bits per heavy atom. The molecule has 0 atom stereocenters. The van der Waals surface area contributed by atoms with Crippen LogP contribution in [-0.2, 0) is 9.57 Å². The molecule has 0 spiro atoms. The highest BCUT2D eigenvalue weighted by molar-refractivity contribution is 6.20. The number of fused-ring (bicyclic) bond motifs is 1. The molecule has 1 aromatic carbocycles. The first-order chi connectivity index (χ1) is 12.6. The van der Waals surface area contributed by atoms with E-state index in [9.17, 15) is 19.5 Å². The van der Waals surface area contributed by atoms with Crippen molar-refractivity contribution >= 4 is 17.9 Å². The third kappa shape index (κ3) is 4.12. The molecule has 1 fully saturated rings. The predicted molar refractivity (Wildman–Crippen MR) is 94.9 cm³/mol. The van der Waals surface area contributed by atoms with Crippen molar-refractivity contribution < 1.29 is 29.1 Å². The van der Waals surface area contributed by atoms with Gasteiger partial charge in [-0.15, -0.1) is 5.06 Å². The molecule has 0 aromatic heterocycles. The van der Waals surface area contributed by atoms with Gasteiger partial charge < -0.3 is 14.7 Å². The van der Waals surface area contributed by atoms with Gasteiger partial charge in [-0.1, -0.05) is 12.1 Å². The molecule has 0 radical (unpaired) electrons. The van der Waals surface area contributed by atoms with E-state index in [4.69, 9.17) is 9.57 Å².